The lowest BCUT2D eigenvalue weighted by Gasteiger charge is -2.35. The van der Waals surface area contributed by atoms with Gasteiger partial charge in [-0.3, -0.25) is 5.10 Å². The number of hydrogen-bond acceptors (Lipinski definition) is 5. The number of benzene rings is 2. The molecule has 0 bridgehead atoms. The molecule has 148 valence electrons. The molecular weight excluding hydrogens is 378 g/mol. The Kier molecular flexibility index (Phi) is 4.89. The highest BCUT2D eigenvalue weighted by atomic mass is 19.1. The lowest BCUT2D eigenvalue weighted by molar-refractivity contribution is -0.0112. The minimum atomic E-state index is -1.70. The number of halogens is 2. The van der Waals surface area contributed by atoms with Crippen LogP contribution >= 0.6 is 0 Å². The van der Waals surface area contributed by atoms with Gasteiger partial charge in [-0.1, -0.05) is 37.3 Å². The van der Waals surface area contributed by atoms with Gasteiger partial charge in [-0.15, -0.1) is 0 Å². The lowest BCUT2D eigenvalue weighted by atomic mass is 9.78. The summed E-state index contributed by atoms with van der Waals surface area (Å²) in [5.41, 5.74) is -0.119. The molecule has 0 aliphatic carbocycles. The molecule has 0 saturated carbocycles. The maximum atomic E-state index is 14.6. The largest absolute Gasteiger partial charge is 0.382 e. The van der Waals surface area contributed by atoms with Crippen molar-refractivity contribution in [2.75, 3.05) is 0 Å². The van der Waals surface area contributed by atoms with Gasteiger partial charge in [-0.05, 0) is 11.6 Å². The van der Waals surface area contributed by atoms with Crippen LogP contribution in [-0.4, -0.2) is 35.1 Å². The molecule has 0 radical (unpaired) electrons. The fraction of sp³-hybridized carbons (Fsp3) is 0.200. The van der Waals surface area contributed by atoms with Gasteiger partial charge >= 0.3 is 0 Å². The first-order valence-corrected chi connectivity index (χ1v) is 8.93. The summed E-state index contributed by atoms with van der Waals surface area (Å²) in [6, 6.07) is 10.5. The van der Waals surface area contributed by atoms with Crippen LogP contribution in [0.15, 0.2) is 61.4 Å². The number of rotatable bonds is 6. The Bertz CT molecular complexity index is 1080. The fourth-order valence-electron chi connectivity index (χ4n) is 3.41. The van der Waals surface area contributed by atoms with Crippen LogP contribution in [0.5, 0.6) is 0 Å². The van der Waals surface area contributed by atoms with Crippen LogP contribution in [0.25, 0.3) is 11.4 Å². The zero-order valence-electron chi connectivity index (χ0n) is 15.5. The number of H-pyrrole nitrogens is 1. The van der Waals surface area contributed by atoms with Crippen LogP contribution < -0.4 is 0 Å². The molecule has 29 heavy (non-hydrogen) atoms. The summed E-state index contributed by atoms with van der Waals surface area (Å²) in [5, 5.41) is 22.3. The average molecular weight is 396 g/mol. The molecule has 2 atom stereocenters. The minimum absolute atomic E-state index is 0.0128. The van der Waals surface area contributed by atoms with Crippen molar-refractivity contribution in [3.05, 3.63) is 84.2 Å². The minimum Gasteiger partial charge on any atom is -0.382 e. The third-order valence-electron chi connectivity index (χ3n) is 5.08. The molecule has 9 heteroatoms. The summed E-state index contributed by atoms with van der Waals surface area (Å²) in [4.78, 5) is 7.99. The second-order valence-electron chi connectivity index (χ2n) is 6.82. The topological polar surface area (TPSA) is 92.5 Å². The molecule has 0 amide bonds. The van der Waals surface area contributed by atoms with E-state index in [0.717, 1.165) is 23.3 Å². The summed E-state index contributed by atoms with van der Waals surface area (Å²) >= 11 is 0. The molecule has 2 unspecified atom stereocenters. The number of nitrogens with zero attached hydrogens (tertiary/aromatic N) is 5. The van der Waals surface area contributed by atoms with Crippen molar-refractivity contribution in [2.45, 2.75) is 25.0 Å². The first kappa shape index (κ1) is 18.9. The Morgan fingerprint density at radius 2 is 1.93 bits per heavy atom. The van der Waals surface area contributed by atoms with E-state index in [2.05, 4.69) is 25.3 Å². The maximum Gasteiger partial charge on any atom is 0.155 e. The lowest BCUT2D eigenvalue weighted by Crippen LogP contribution is -2.38. The van der Waals surface area contributed by atoms with E-state index in [1.54, 1.807) is 6.92 Å². The zero-order valence-corrected chi connectivity index (χ0v) is 15.5. The van der Waals surface area contributed by atoms with Crippen LogP contribution in [0, 0.1) is 11.6 Å². The van der Waals surface area contributed by atoms with E-state index < -0.39 is 23.2 Å². The summed E-state index contributed by atoms with van der Waals surface area (Å²) in [6.45, 7) is 1.73. The SMILES string of the molecule is CC(c1ccc(-c2ncn[nH]2)cc1)C(O)(Cn1cncn1)c1ccc(F)cc1F. The molecule has 7 nitrogen and oxygen atoms in total. The standard InChI is InChI=1S/C20H18F2N6O/c1-13(14-2-4-15(5-3-14)19-24-11-25-27-19)20(29,9-28-12-23-10-26-28)17-7-6-16(21)8-18(17)22/h2-8,10-13,29H,9H2,1H3,(H,24,25,27). The third-order valence-corrected chi connectivity index (χ3v) is 5.08. The van der Waals surface area contributed by atoms with Gasteiger partial charge < -0.3 is 5.11 Å². The van der Waals surface area contributed by atoms with Gasteiger partial charge in [0, 0.05) is 23.1 Å². The van der Waals surface area contributed by atoms with Crippen molar-refractivity contribution in [1.82, 2.24) is 29.9 Å². The predicted molar refractivity (Wildman–Crippen MR) is 101 cm³/mol. The quantitative estimate of drug-likeness (QED) is 0.523. The molecule has 0 spiro atoms. The summed E-state index contributed by atoms with van der Waals surface area (Å²) in [5.74, 6) is -1.46. The van der Waals surface area contributed by atoms with Gasteiger partial charge in [0.1, 0.15) is 36.2 Å². The predicted octanol–water partition coefficient (Wildman–Crippen LogP) is 3.03. The van der Waals surface area contributed by atoms with E-state index in [1.807, 2.05) is 24.3 Å². The van der Waals surface area contributed by atoms with E-state index in [-0.39, 0.29) is 12.1 Å². The Balaban J connectivity index is 1.74. The Morgan fingerprint density at radius 1 is 1.14 bits per heavy atom. The summed E-state index contributed by atoms with van der Waals surface area (Å²) < 4.78 is 29.5. The highest BCUT2D eigenvalue weighted by Gasteiger charge is 2.40. The van der Waals surface area contributed by atoms with Crippen molar-refractivity contribution >= 4 is 0 Å². The summed E-state index contributed by atoms with van der Waals surface area (Å²) in [6.07, 6.45) is 4.18. The molecule has 0 saturated heterocycles. The molecule has 2 aromatic heterocycles. The van der Waals surface area contributed by atoms with Crippen molar-refractivity contribution in [3.63, 3.8) is 0 Å². The van der Waals surface area contributed by atoms with Crippen molar-refractivity contribution in [3.8, 4) is 11.4 Å². The van der Waals surface area contributed by atoms with Crippen molar-refractivity contribution in [1.29, 1.82) is 0 Å². The van der Waals surface area contributed by atoms with E-state index in [4.69, 9.17) is 0 Å². The monoisotopic (exact) mass is 396 g/mol. The van der Waals surface area contributed by atoms with E-state index in [9.17, 15) is 13.9 Å². The molecule has 2 N–H and O–H groups in total. The first-order valence-electron chi connectivity index (χ1n) is 8.93. The number of aromatic amines is 1. The molecule has 4 rings (SSSR count). The van der Waals surface area contributed by atoms with Crippen LogP contribution in [0.3, 0.4) is 0 Å². The fourth-order valence-corrected chi connectivity index (χ4v) is 3.41. The van der Waals surface area contributed by atoms with Gasteiger partial charge in [0.05, 0.1) is 6.54 Å². The molecular formula is C20H18F2N6O. The first-order chi connectivity index (χ1) is 14.0. The Labute approximate surface area is 165 Å². The molecule has 0 aliphatic heterocycles. The third kappa shape index (κ3) is 3.64. The number of nitrogens with one attached hydrogen (secondary N) is 1. The second-order valence-corrected chi connectivity index (χ2v) is 6.82. The Morgan fingerprint density at radius 3 is 2.55 bits per heavy atom. The molecule has 0 fully saturated rings. The van der Waals surface area contributed by atoms with Crippen LogP contribution in [-0.2, 0) is 12.1 Å². The van der Waals surface area contributed by atoms with Gasteiger partial charge in [-0.25, -0.2) is 23.4 Å². The van der Waals surface area contributed by atoms with Crippen LogP contribution in [0.1, 0.15) is 24.0 Å². The van der Waals surface area contributed by atoms with Crippen LogP contribution in [0.2, 0.25) is 0 Å². The van der Waals surface area contributed by atoms with Gasteiger partial charge in [0.2, 0.25) is 0 Å². The molecule has 4 aromatic rings. The van der Waals surface area contributed by atoms with Gasteiger partial charge in [0.25, 0.3) is 0 Å². The van der Waals surface area contributed by atoms with E-state index in [0.29, 0.717) is 5.82 Å². The van der Waals surface area contributed by atoms with Crippen molar-refractivity contribution < 1.29 is 13.9 Å². The highest BCUT2D eigenvalue weighted by molar-refractivity contribution is 5.55. The smallest absolute Gasteiger partial charge is 0.155 e. The highest BCUT2D eigenvalue weighted by Crippen LogP contribution is 2.40. The van der Waals surface area contributed by atoms with Gasteiger partial charge in [0.15, 0.2) is 5.82 Å². The maximum absolute atomic E-state index is 14.6. The van der Waals surface area contributed by atoms with Gasteiger partial charge in [-0.2, -0.15) is 10.2 Å². The molecule has 0 aliphatic rings. The second kappa shape index (κ2) is 7.51. The van der Waals surface area contributed by atoms with Crippen LogP contribution in [0.4, 0.5) is 8.78 Å². The van der Waals surface area contributed by atoms with E-state index in [1.165, 1.54) is 29.7 Å². The molecule has 2 aromatic carbocycles. The summed E-state index contributed by atoms with van der Waals surface area (Å²) in [7, 11) is 0. The van der Waals surface area contributed by atoms with E-state index >= 15 is 0 Å². The number of aromatic nitrogens is 6. The normalized spacial score (nSPS) is 14.5. The zero-order chi connectivity index (χ0) is 20.4. The van der Waals surface area contributed by atoms with Crippen molar-refractivity contribution in [2.24, 2.45) is 0 Å². The molecule has 2 heterocycles. The number of hydrogen-bond donors (Lipinski definition) is 2. The average Bonchev–Trinajstić information content (AvgIpc) is 3.41. The Hall–Kier alpha value is -3.46. The number of aliphatic hydroxyl groups is 1.